The van der Waals surface area contributed by atoms with E-state index in [1.165, 1.54) is 5.56 Å². The van der Waals surface area contributed by atoms with Gasteiger partial charge in [-0.05, 0) is 25.5 Å². The van der Waals surface area contributed by atoms with Crippen LogP contribution in [0.15, 0.2) is 34.8 Å². The number of aryl methyl sites for hydroxylation is 2. The lowest BCUT2D eigenvalue weighted by Gasteiger charge is -2.11. The number of aromatic nitrogens is 4. The van der Waals surface area contributed by atoms with Gasteiger partial charge in [-0.2, -0.15) is 0 Å². The molecule has 0 unspecified atom stereocenters. The molecule has 2 aromatic heterocycles. The van der Waals surface area contributed by atoms with Crippen LogP contribution in [0, 0.1) is 12.8 Å². The maximum atomic E-state index is 12.3. The van der Waals surface area contributed by atoms with Crippen molar-refractivity contribution in [3.63, 3.8) is 0 Å². The zero-order valence-electron chi connectivity index (χ0n) is 18.0. The smallest absolute Gasteiger partial charge is 0.226 e. The monoisotopic (exact) mass is 443 g/mol. The standard InChI is InChI=1S/C22H29N5OS2/c1-15(2)13-27-19(25-26-22(27)29-4)6-5-11-23-20(28)12-18-14-30-21(24-18)17-9-7-16(3)8-10-17/h7-10,14-15H,5-6,11-13H2,1-4H3,(H,23,28). The summed E-state index contributed by atoms with van der Waals surface area (Å²) in [6.07, 6.45) is 3.97. The van der Waals surface area contributed by atoms with Crippen molar-refractivity contribution in [3.05, 3.63) is 46.7 Å². The highest BCUT2D eigenvalue weighted by Crippen LogP contribution is 2.24. The van der Waals surface area contributed by atoms with E-state index in [2.05, 4.69) is 70.1 Å². The van der Waals surface area contributed by atoms with Gasteiger partial charge in [0, 0.05) is 30.5 Å². The van der Waals surface area contributed by atoms with Crippen LogP contribution in [0.5, 0.6) is 0 Å². The first kappa shape index (κ1) is 22.5. The lowest BCUT2D eigenvalue weighted by atomic mass is 10.2. The molecule has 0 saturated heterocycles. The first-order chi connectivity index (χ1) is 14.5. The number of carbonyl (C=O) groups excluding carboxylic acids is 1. The summed E-state index contributed by atoms with van der Waals surface area (Å²) < 4.78 is 2.19. The number of amides is 1. The number of carbonyl (C=O) groups is 1. The van der Waals surface area contributed by atoms with Crippen molar-refractivity contribution in [2.45, 2.75) is 51.7 Å². The van der Waals surface area contributed by atoms with E-state index in [0.717, 1.165) is 46.6 Å². The first-order valence-electron chi connectivity index (χ1n) is 10.2. The maximum absolute atomic E-state index is 12.3. The Hall–Kier alpha value is -2.19. The minimum atomic E-state index is 0.00389. The highest BCUT2D eigenvalue weighted by atomic mass is 32.2. The van der Waals surface area contributed by atoms with Gasteiger partial charge in [0.05, 0.1) is 12.1 Å². The molecule has 0 atom stereocenters. The molecule has 1 amide bonds. The third-order valence-electron chi connectivity index (χ3n) is 4.62. The van der Waals surface area contributed by atoms with Gasteiger partial charge < -0.3 is 9.88 Å². The van der Waals surface area contributed by atoms with E-state index >= 15 is 0 Å². The van der Waals surface area contributed by atoms with Crippen LogP contribution in [-0.2, 0) is 24.2 Å². The van der Waals surface area contributed by atoms with Gasteiger partial charge in [-0.1, -0.05) is 55.4 Å². The fourth-order valence-electron chi connectivity index (χ4n) is 3.12. The molecule has 1 aromatic carbocycles. The summed E-state index contributed by atoms with van der Waals surface area (Å²) in [7, 11) is 0. The Morgan fingerprint density at radius 3 is 2.70 bits per heavy atom. The second-order valence-electron chi connectivity index (χ2n) is 7.75. The van der Waals surface area contributed by atoms with Gasteiger partial charge in [0.2, 0.25) is 5.91 Å². The van der Waals surface area contributed by atoms with Gasteiger partial charge in [0.15, 0.2) is 5.16 Å². The third kappa shape index (κ3) is 6.15. The molecule has 8 heteroatoms. The molecule has 0 bridgehead atoms. The number of thiazole rings is 1. The summed E-state index contributed by atoms with van der Waals surface area (Å²) in [5.74, 6) is 1.53. The summed E-state index contributed by atoms with van der Waals surface area (Å²) in [6, 6.07) is 8.29. The molecule has 2 heterocycles. The number of hydrogen-bond donors (Lipinski definition) is 1. The fraction of sp³-hybridized carbons (Fsp3) is 0.455. The Bertz CT molecular complexity index is 962. The Morgan fingerprint density at radius 1 is 1.23 bits per heavy atom. The molecule has 0 radical (unpaired) electrons. The molecule has 3 aromatic rings. The van der Waals surface area contributed by atoms with Crippen LogP contribution in [0.25, 0.3) is 10.6 Å². The molecule has 0 aliphatic rings. The summed E-state index contributed by atoms with van der Waals surface area (Å²) in [5.41, 5.74) is 3.13. The van der Waals surface area contributed by atoms with Gasteiger partial charge in [-0.25, -0.2) is 4.98 Å². The Morgan fingerprint density at radius 2 is 2.00 bits per heavy atom. The van der Waals surface area contributed by atoms with E-state index in [9.17, 15) is 4.79 Å². The molecule has 30 heavy (non-hydrogen) atoms. The predicted octanol–water partition coefficient (Wildman–Crippen LogP) is 4.38. The second kappa shape index (κ2) is 10.7. The van der Waals surface area contributed by atoms with Crippen LogP contribution in [0.4, 0.5) is 0 Å². The molecular weight excluding hydrogens is 414 g/mol. The molecule has 0 fully saturated rings. The van der Waals surface area contributed by atoms with Crippen LogP contribution in [0.1, 0.15) is 37.4 Å². The number of nitrogens with zero attached hydrogens (tertiary/aromatic N) is 4. The van der Waals surface area contributed by atoms with Gasteiger partial charge >= 0.3 is 0 Å². The Kier molecular flexibility index (Phi) is 8.04. The molecule has 0 aliphatic carbocycles. The van der Waals surface area contributed by atoms with Crippen molar-refractivity contribution in [1.82, 2.24) is 25.1 Å². The largest absolute Gasteiger partial charge is 0.356 e. The molecule has 160 valence electrons. The number of nitrogens with one attached hydrogen (secondary N) is 1. The Balaban J connectivity index is 1.46. The van der Waals surface area contributed by atoms with Crippen LogP contribution >= 0.6 is 23.1 Å². The van der Waals surface area contributed by atoms with Crippen molar-refractivity contribution < 1.29 is 4.79 Å². The molecule has 3 rings (SSSR count). The maximum Gasteiger partial charge on any atom is 0.226 e. The van der Waals surface area contributed by atoms with Crippen molar-refractivity contribution in [1.29, 1.82) is 0 Å². The van der Waals surface area contributed by atoms with E-state index in [1.807, 2.05) is 11.6 Å². The molecule has 0 spiro atoms. The normalized spacial score (nSPS) is 11.2. The number of hydrogen-bond acceptors (Lipinski definition) is 6. The zero-order chi connectivity index (χ0) is 21.5. The zero-order valence-corrected chi connectivity index (χ0v) is 19.6. The molecule has 0 saturated carbocycles. The number of thioether (sulfide) groups is 1. The van der Waals surface area contributed by atoms with E-state index in [1.54, 1.807) is 23.1 Å². The van der Waals surface area contributed by atoms with E-state index in [-0.39, 0.29) is 5.91 Å². The lowest BCUT2D eigenvalue weighted by molar-refractivity contribution is -0.120. The average molecular weight is 444 g/mol. The van der Waals surface area contributed by atoms with Crippen LogP contribution in [0.2, 0.25) is 0 Å². The predicted molar refractivity (Wildman–Crippen MR) is 124 cm³/mol. The third-order valence-corrected chi connectivity index (χ3v) is 6.22. The summed E-state index contributed by atoms with van der Waals surface area (Å²) in [5, 5.41) is 15.5. The lowest BCUT2D eigenvalue weighted by Crippen LogP contribution is -2.26. The van der Waals surface area contributed by atoms with Crippen LogP contribution in [0.3, 0.4) is 0 Å². The van der Waals surface area contributed by atoms with Crippen molar-refractivity contribution in [2.75, 3.05) is 12.8 Å². The molecular formula is C22H29N5OS2. The average Bonchev–Trinajstić information content (AvgIpc) is 3.32. The van der Waals surface area contributed by atoms with E-state index in [4.69, 9.17) is 0 Å². The summed E-state index contributed by atoms with van der Waals surface area (Å²) in [6.45, 7) is 7.99. The van der Waals surface area contributed by atoms with Crippen molar-refractivity contribution >= 4 is 29.0 Å². The second-order valence-corrected chi connectivity index (χ2v) is 9.38. The van der Waals surface area contributed by atoms with E-state index in [0.29, 0.717) is 18.9 Å². The van der Waals surface area contributed by atoms with Crippen LogP contribution < -0.4 is 5.32 Å². The summed E-state index contributed by atoms with van der Waals surface area (Å²) in [4.78, 5) is 16.9. The summed E-state index contributed by atoms with van der Waals surface area (Å²) >= 11 is 3.19. The SMILES string of the molecule is CSc1nnc(CCCNC(=O)Cc2csc(-c3ccc(C)cc3)n2)n1CC(C)C. The minimum absolute atomic E-state index is 0.00389. The van der Waals surface area contributed by atoms with Gasteiger partial charge in [0.25, 0.3) is 0 Å². The molecule has 1 N–H and O–H groups in total. The molecule has 6 nitrogen and oxygen atoms in total. The number of rotatable bonds is 10. The topological polar surface area (TPSA) is 72.7 Å². The van der Waals surface area contributed by atoms with Crippen molar-refractivity contribution in [3.8, 4) is 10.6 Å². The Labute approximate surface area is 186 Å². The number of benzene rings is 1. The van der Waals surface area contributed by atoms with Gasteiger partial charge in [-0.15, -0.1) is 21.5 Å². The van der Waals surface area contributed by atoms with Gasteiger partial charge in [0.1, 0.15) is 10.8 Å². The molecule has 0 aliphatic heterocycles. The highest BCUT2D eigenvalue weighted by Gasteiger charge is 2.13. The first-order valence-corrected chi connectivity index (χ1v) is 12.3. The fourth-order valence-corrected chi connectivity index (χ4v) is 4.47. The van der Waals surface area contributed by atoms with Crippen molar-refractivity contribution in [2.24, 2.45) is 5.92 Å². The minimum Gasteiger partial charge on any atom is -0.356 e. The van der Waals surface area contributed by atoms with Gasteiger partial charge in [-0.3, -0.25) is 4.79 Å². The highest BCUT2D eigenvalue weighted by molar-refractivity contribution is 7.98. The van der Waals surface area contributed by atoms with Crippen LogP contribution in [-0.4, -0.2) is 38.5 Å². The quantitative estimate of drug-likeness (QED) is 0.372. The van der Waals surface area contributed by atoms with E-state index < -0.39 is 0 Å².